The molecule has 0 aliphatic heterocycles. The van der Waals surface area contributed by atoms with E-state index in [1.165, 1.54) is 0 Å². The molecule has 2 N–H and O–H groups in total. The molecule has 1 rings (SSSR count). The van der Waals surface area contributed by atoms with Gasteiger partial charge in [0.1, 0.15) is 0 Å². The zero-order valence-corrected chi connectivity index (χ0v) is 7.71. The SMILES string of the molecule is Cl.[2H]C([2H])([2H])N[C@@H]([C@H](O)c1ccccc1)C([2H])([2H])[2H]. The zero-order valence-electron chi connectivity index (χ0n) is 12.9. The summed E-state index contributed by atoms with van der Waals surface area (Å²) in [6, 6.07) is 6.55. The third-order valence-electron chi connectivity index (χ3n) is 1.61. The maximum absolute atomic E-state index is 10.0. The van der Waals surface area contributed by atoms with Gasteiger partial charge in [0.25, 0.3) is 0 Å². The number of hydrogen-bond acceptors (Lipinski definition) is 2. The van der Waals surface area contributed by atoms with Gasteiger partial charge < -0.3 is 10.4 Å². The van der Waals surface area contributed by atoms with E-state index in [4.69, 9.17) is 8.22 Å². The van der Waals surface area contributed by atoms with Gasteiger partial charge in [0.2, 0.25) is 0 Å². The van der Waals surface area contributed by atoms with Crippen LogP contribution in [0.1, 0.15) is 26.7 Å². The number of hydrogen-bond donors (Lipinski definition) is 2. The van der Waals surface area contributed by atoms with Crippen molar-refractivity contribution in [3.05, 3.63) is 35.9 Å². The summed E-state index contributed by atoms with van der Waals surface area (Å²) in [7, 11) is 0. The van der Waals surface area contributed by atoms with Crippen LogP contribution in [0.4, 0.5) is 0 Å². The third kappa shape index (κ3) is 3.35. The maximum Gasteiger partial charge on any atom is 0.0940 e. The molecular weight excluding hydrogens is 186 g/mol. The predicted octanol–water partition coefficient (Wildman–Crippen LogP) is 1.75. The van der Waals surface area contributed by atoms with Gasteiger partial charge in [-0.15, -0.1) is 12.4 Å². The molecule has 0 heterocycles. The number of halogens is 1. The highest BCUT2D eigenvalue weighted by atomic mass is 35.5. The molecule has 2 atom stereocenters. The molecule has 0 saturated heterocycles. The summed E-state index contributed by atoms with van der Waals surface area (Å²) in [6.07, 6.45) is -1.42. The first-order chi connectivity index (χ1) is 8.11. The van der Waals surface area contributed by atoms with E-state index in [2.05, 4.69) is 0 Å². The summed E-state index contributed by atoms with van der Waals surface area (Å²) in [5.74, 6) is 0. The average Bonchev–Trinajstić information content (AvgIpc) is 2.24. The second-order valence-electron chi connectivity index (χ2n) is 2.48. The van der Waals surface area contributed by atoms with E-state index in [1.54, 1.807) is 30.3 Å². The largest absolute Gasteiger partial charge is 0.387 e. The molecule has 0 fully saturated rings. The van der Waals surface area contributed by atoms with Crippen molar-refractivity contribution in [2.24, 2.45) is 0 Å². The van der Waals surface area contributed by atoms with Crippen molar-refractivity contribution < 1.29 is 13.3 Å². The smallest absolute Gasteiger partial charge is 0.0940 e. The van der Waals surface area contributed by atoms with Crippen LogP contribution in [0.25, 0.3) is 0 Å². The van der Waals surface area contributed by atoms with Gasteiger partial charge in [-0.25, -0.2) is 0 Å². The Morgan fingerprint density at radius 3 is 2.62 bits per heavy atom. The number of nitrogens with one attached hydrogen (secondary N) is 1. The summed E-state index contributed by atoms with van der Waals surface area (Å²) in [5.41, 5.74) is 0.357. The van der Waals surface area contributed by atoms with Gasteiger partial charge in [0.15, 0.2) is 0 Å². The summed E-state index contributed by atoms with van der Waals surface area (Å²) < 4.78 is 43.1. The minimum absolute atomic E-state index is 0. The Kier molecular flexibility index (Phi) is 2.46. The van der Waals surface area contributed by atoms with Crippen LogP contribution in [0.15, 0.2) is 30.3 Å². The van der Waals surface area contributed by atoms with Crippen LogP contribution >= 0.6 is 12.4 Å². The Hall–Kier alpha value is -0.570. The van der Waals surface area contributed by atoms with E-state index < -0.39 is 26.0 Å². The van der Waals surface area contributed by atoms with Gasteiger partial charge in [0, 0.05) is 14.3 Å². The molecule has 0 unspecified atom stereocenters. The van der Waals surface area contributed by atoms with Crippen LogP contribution in [-0.2, 0) is 0 Å². The van der Waals surface area contributed by atoms with Crippen molar-refractivity contribution in [1.29, 1.82) is 0 Å². The maximum atomic E-state index is 10.0. The first-order valence-corrected chi connectivity index (χ1v) is 3.62. The molecule has 13 heavy (non-hydrogen) atoms. The van der Waals surface area contributed by atoms with E-state index in [9.17, 15) is 5.11 Å². The van der Waals surface area contributed by atoms with E-state index in [0.29, 0.717) is 5.56 Å². The topological polar surface area (TPSA) is 32.3 Å². The van der Waals surface area contributed by atoms with E-state index in [0.717, 1.165) is 0 Å². The summed E-state index contributed by atoms with van der Waals surface area (Å²) in [5, 5.41) is 12.0. The second kappa shape index (κ2) is 5.97. The minimum Gasteiger partial charge on any atom is -0.387 e. The number of aliphatic hydroxyl groups is 1. The van der Waals surface area contributed by atoms with Crippen molar-refractivity contribution >= 4 is 12.4 Å². The molecule has 0 saturated carbocycles. The fourth-order valence-corrected chi connectivity index (χ4v) is 0.922. The molecule has 3 heteroatoms. The molecule has 0 aromatic heterocycles. The molecule has 2 nitrogen and oxygen atoms in total. The Morgan fingerprint density at radius 2 is 2.08 bits per heavy atom. The number of likely N-dealkylation sites (N-methyl/N-ethyl adjacent to an activating group) is 1. The molecule has 0 amide bonds. The fraction of sp³-hybridized carbons (Fsp3) is 0.400. The number of benzene rings is 1. The Bertz CT molecular complexity index is 380. The quantitative estimate of drug-likeness (QED) is 0.792. The van der Waals surface area contributed by atoms with Crippen molar-refractivity contribution in [2.75, 3.05) is 6.98 Å². The van der Waals surface area contributed by atoms with Gasteiger partial charge >= 0.3 is 0 Å². The van der Waals surface area contributed by atoms with Gasteiger partial charge in [-0.3, -0.25) is 0 Å². The molecule has 74 valence electrons. The Labute approximate surface area is 93.8 Å². The molecule has 0 radical (unpaired) electrons. The lowest BCUT2D eigenvalue weighted by atomic mass is 10.0. The second-order valence-corrected chi connectivity index (χ2v) is 2.48. The van der Waals surface area contributed by atoms with Gasteiger partial charge in [0.05, 0.1) is 6.10 Å². The lowest BCUT2D eigenvalue weighted by Crippen LogP contribution is -2.28. The van der Waals surface area contributed by atoms with Crippen LogP contribution in [0.5, 0.6) is 0 Å². The van der Waals surface area contributed by atoms with Crippen molar-refractivity contribution in [3.8, 4) is 0 Å². The highest BCUT2D eigenvalue weighted by Crippen LogP contribution is 2.15. The monoisotopic (exact) mass is 207 g/mol. The Morgan fingerprint density at radius 1 is 1.38 bits per heavy atom. The molecular formula is C10H16ClNO. The number of rotatable bonds is 3. The highest BCUT2D eigenvalue weighted by Gasteiger charge is 2.12. The van der Waals surface area contributed by atoms with Gasteiger partial charge in [-0.1, -0.05) is 30.3 Å². The molecule has 1 aromatic carbocycles. The molecule has 0 spiro atoms. The van der Waals surface area contributed by atoms with Crippen LogP contribution in [0.3, 0.4) is 0 Å². The Balaban J connectivity index is 0.00000324. The highest BCUT2D eigenvalue weighted by molar-refractivity contribution is 5.85. The minimum atomic E-state index is -2.63. The lowest BCUT2D eigenvalue weighted by molar-refractivity contribution is 0.140. The number of aliphatic hydroxyl groups excluding tert-OH is 1. The van der Waals surface area contributed by atoms with Crippen molar-refractivity contribution in [1.82, 2.24) is 5.32 Å². The zero-order chi connectivity index (χ0) is 14.0. The first-order valence-electron chi connectivity index (χ1n) is 6.62. The van der Waals surface area contributed by atoms with Gasteiger partial charge in [-0.05, 0) is 19.4 Å². The summed E-state index contributed by atoms with van der Waals surface area (Å²) >= 11 is 0. The fourth-order valence-electron chi connectivity index (χ4n) is 0.922. The van der Waals surface area contributed by atoms with Crippen LogP contribution in [0.2, 0.25) is 0 Å². The van der Waals surface area contributed by atoms with E-state index >= 15 is 0 Å². The van der Waals surface area contributed by atoms with Crippen LogP contribution in [-0.4, -0.2) is 18.1 Å². The predicted molar refractivity (Wildman–Crippen MR) is 57.2 cm³/mol. The van der Waals surface area contributed by atoms with Crippen LogP contribution in [0, 0.1) is 0 Å². The van der Waals surface area contributed by atoms with Crippen molar-refractivity contribution in [2.45, 2.75) is 19.0 Å². The van der Waals surface area contributed by atoms with E-state index in [1.807, 2.05) is 5.32 Å². The average molecular weight is 208 g/mol. The van der Waals surface area contributed by atoms with Gasteiger partial charge in [-0.2, -0.15) is 0 Å². The molecule has 0 aliphatic rings. The normalized spacial score (nSPS) is 23.2. The summed E-state index contributed by atoms with van der Waals surface area (Å²) in [6.45, 7) is -5.25. The molecule has 1 aromatic rings. The van der Waals surface area contributed by atoms with Crippen LogP contribution < -0.4 is 5.32 Å². The molecule has 0 bridgehead atoms. The lowest BCUT2D eigenvalue weighted by Gasteiger charge is -2.17. The first kappa shape index (κ1) is 5.35. The standard InChI is InChI=1S/C10H15NO.ClH/c1-8(11-2)10(12)9-6-4-3-5-7-9;/h3-8,10-12H,1-2H3;1H/t8-,10+;/m1./s1/i1D3,2D3;. The third-order valence-corrected chi connectivity index (χ3v) is 1.61. The van der Waals surface area contributed by atoms with E-state index in [-0.39, 0.29) is 12.4 Å². The molecule has 0 aliphatic carbocycles. The van der Waals surface area contributed by atoms with Crippen molar-refractivity contribution in [3.63, 3.8) is 0 Å². The summed E-state index contributed by atoms with van der Waals surface area (Å²) in [4.78, 5) is 0.